The summed E-state index contributed by atoms with van der Waals surface area (Å²) in [5.74, 6) is 0.388. The quantitative estimate of drug-likeness (QED) is 0.850. The van der Waals surface area contributed by atoms with Crippen LogP contribution >= 0.6 is 11.6 Å². The summed E-state index contributed by atoms with van der Waals surface area (Å²) in [4.78, 5) is 16.1. The van der Waals surface area contributed by atoms with E-state index in [1.165, 1.54) is 5.56 Å². The Morgan fingerprint density at radius 2 is 2.26 bits per heavy atom. The van der Waals surface area contributed by atoms with E-state index in [0.29, 0.717) is 0 Å². The van der Waals surface area contributed by atoms with Crippen molar-refractivity contribution in [2.75, 3.05) is 27.2 Å². The van der Waals surface area contributed by atoms with E-state index in [1.54, 1.807) is 4.90 Å². The molecule has 1 amide bonds. The SMILES string of the molecule is CN(C)C(=O)C1CCCN(Cc2cccc(Cl)c2)C1. The van der Waals surface area contributed by atoms with Gasteiger partial charge in [0.15, 0.2) is 0 Å². The van der Waals surface area contributed by atoms with Crippen molar-refractivity contribution in [2.45, 2.75) is 19.4 Å². The molecule has 1 aliphatic heterocycles. The minimum atomic E-state index is 0.142. The topological polar surface area (TPSA) is 23.6 Å². The lowest BCUT2D eigenvalue weighted by Crippen LogP contribution is -2.42. The van der Waals surface area contributed by atoms with Crippen molar-refractivity contribution in [3.05, 3.63) is 34.9 Å². The maximum absolute atomic E-state index is 12.0. The first kappa shape index (κ1) is 14.4. The van der Waals surface area contributed by atoms with Gasteiger partial charge in [-0.3, -0.25) is 9.69 Å². The van der Waals surface area contributed by atoms with Gasteiger partial charge in [-0.05, 0) is 37.1 Å². The zero-order valence-electron chi connectivity index (χ0n) is 11.6. The smallest absolute Gasteiger partial charge is 0.226 e. The number of piperidine rings is 1. The number of hydrogen-bond donors (Lipinski definition) is 0. The minimum absolute atomic E-state index is 0.142. The lowest BCUT2D eigenvalue weighted by molar-refractivity contribution is -0.134. The molecule has 4 heteroatoms. The third-order valence-corrected chi connectivity index (χ3v) is 3.83. The highest BCUT2D eigenvalue weighted by Gasteiger charge is 2.26. The molecule has 0 aromatic heterocycles. The number of nitrogens with zero attached hydrogens (tertiary/aromatic N) is 2. The van der Waals surface area contributed by atoms with E-state index in [1.807, 2.05) is 32.3 Å². The molecule has 0 bridgehead atoms. The van der Waals surface area contributed by atoms with Crippen molar-refractivity contribution in [2.24, 2.45) is 5.92 Å². The first-order chi connectivity index (χ1) is 9.06. The molecule has 0 aliphatic carbocycles. The van der Waals surface area contributed by atoms with Crippen LogP contribution in [0.15, 0.2) is 24.3 Å². The van der Waals surface area contributed by atoms with Gasteiger partial charge in [-0.15, -0.1) is 0 Å². The van der Waals surface area contributed by atoms with Gasteiger partial charge in [-0.2, -0.15) is 0 Å². The molecular weight excluding hydrogens is 260 g/mol. The molecule has 1 aliphatic rings. The maximum atomic E-state index is 12.0. The Kier molecular flexibility index (Phi) is 4.83. The summed E-state index contributed by atoms with van der Waals surface area (Å²) in [5, 5.41) is 0.774. The van der Waals surface area contributed by atoms with Gasteiger partial charge in [0, 0.05) is 32.2 Å². The lowest BCUT2D eigenvalue weighted by Gasteiger charge is -2.33. The van der Waals surface area contributed by atoms with Crippen LogP contribution in [0.4, 0.5) is 0 Å². The van der Waals surface area contributed by atoms with Gasteiger partial charge in [0.25, 0.3) is 0 Å². The van der Waals surface area contributed by atoms with Gasteiger partial charge < -0.3 is 4.90 Å². The lowest BCUT2D eigenvalue weighted by atomic mass is 9.96. The molecule has 0 radical (unpaired) electrons. The Labute approximate surface area is 120 Å². The van der Waals surface area contributed by atoms with Gasteiger partial charge in [-0.1, -0.05) is 23.7 Å². The molecule has 19 heavy (non-hydrogen) atoms. The molecule has 1 saturated heterocycles. The molecule has 0 spiro atoms. The second-order valence-electron chi connectivity index (χ2n) is 5.44. The summed E-state index contributed by atoms with van der Waals surface area (Å²) >= 11 is 6.00. The average Bonchev–Trinajstić information content (AvgIpc) is 2.38. The van der Waals surface area contributed by atoms with Crippen LogP contribution in [0.2, 0.25) is 5.02 Å². The fraction of sp³-hybridized carbons (Fsp3) is 0.533. The van der Waals surface area contributed by atoms with Crippen LogP contribution in [0.3, 0.4) is 0 Å². The Bertz CT molecular complexity index is 448. The number of halogens is 1. The largest absolute Gasteiger partial charge is 0.349 e. The molecule has 1 unspecified atom stereocenters. The van der Waals surface area contributed by atoms with E-state index in [2.05, 4.69) is 11.0 Å². The van der Waals surface area contributed by atoms with Crippen molar-refractivity contribution in [3.63, 3.8) is 0 Å². The molecule has 0 saturated carbocycles. The van der Waals surface area contributed by atoms with E-state index >= 15 is 0 Å². The minimum Gasteiger partial charge on any atom is -0.349 e. The zero-order valence-corrected chi connectivity index (χ0v) is 12.4. The van der Waals surface area contributed by atoms with Crippen molar-refractivity contribution in [1.82, 2.24) is 9.80 Å². The summed E-state index contributed by atoms with van der Waals surface area (Å²) in [6, 6.07) is 7.95. The van der Waals surface area contributed by atoms with Crippen LogP contribution < -0.4 is 0 Å². The molecule has 1 aromatic rings. The van der Waals surface area contributed by atoms with Crippen molar-refractivity contribution < 1.29 is 4.79 Å². The number of hydrogen-bond acceptors (Lipinski definition) is 2. The van der Waals surface area contributed by atoms with Crippen LogP contribution in [-0.2, 0) is 11.3 Å². The van der Waals surface area contributed by atoms with Crippen LogP contribution in [0.25, 0.3) is 0 Å². The molecular formula is C15H21ClN2O. The normalized spacial score (nSPS) is 20.3. The van der Waals surface area contributed by atoms with Crippen molar-refractivity contribution >= 4 is 17.5 Å². The van der Waals surface area contributed by atoms with Gasteiger partial charge in [0.05, 0.1) is 5.92 Å². The maximum Gasteiger partial charge on any atom is 0.226 e. The monoisotopic (exact) mass is 280 g/mol. The molecule has 1 fully saturated rings. The van der Waals surface area contributed by atoms with E-state index in [-0.39, 0.29) is 11.8 Å². The fourth-order valence-electron chi connectivity index (χ4n) is 2.66. The van der Waals surface area contributed by atoms with E-state index in [4.69, 9.17) is 11.6 Å². The highest BCUT2D eigenvalue weighted by atomic mass is 35.5. The number of benzene rings is 1. The van der Waals surface area contributed by atoms with Crippen molar-refractivity contribution in [3.8, 4) is 0 Å². The molecule has 1 aromatic carbocycles. The van der Waals surface area contributed by atoms with E-state index < -0.39 is 0 Å². The number of carbonyl (C=O) groups is 1. The molecule has 3 nitrogen and oxygen atoms in total. The van der Waals surface area contributed by atoms with E-state index in [9.17, 15) is 4.79 Å². The molecule has 104 valence electrons. The molecule has 2 rings (SSSR count). The highest BCUT2D eigenvalue weighted by Crippen LogP contribution is 2.21. The van der Waals surface area contributed by atoms with Crippen LogP contribution in [0, 0.1) is 5.92 Å². The third-order valence-electron chi connectivity index (χ3n) is 3.59. The van der Waals surface area contributed by atoms with Gasteiger partial charge in [0.1, 0.15) is 0 Å². The molecule has 1 heterocycles. The number of likely N-dealkylation sites (tertiary alicyclic amines) is 1. The summed E-state index contributed by atoms with van der Waals surface area (Å²) in [6.45, 7) is 2.78. The van der Waals surface area contributed by atoms with Gasteiger partial charge >= 0.3 is 0 Å². The molecule has 0 N–H and O–H groups in total. The summed E-state index contributed by atoms with van der Waals surface area (Å²) < 4.78 is 0. The Morgan fingerprint density at radius 3 is 2.95 bits per heavy atom. The van der Waals surface area contributed by atoms with Crippen molar-refractivity contribution in [1.29, 1.82) is 0 Å². The predicted molar refractivity (Wildman–Crippen MR) is 78.1 cm³/mol. The Balaban J connectivity index is 1.96. The fourth-order valence-corrected chi connectivity index (χ4v) is 2.87. The van der Waals surface area contributed by atoms with Crippen LogP contribution in [0.5, 0.6) is 0 Å². The standard InChI is InChI=1S/C15H21ClN2O/c1-17(2)15(19)13-6-4-8-18(11-13)10-12-5-3-7-14(16)9-12/h3,5,7,9,13H,4,6,8,10-11H2,1-2H3. The first-order valence-corrected chi connectivity index (χ1v) is 7.12. The predicted octanol–water partition coefficient (Wildman–Crippen LogP) is 2.64. The van der Waals surface area contributed by atoms with Gasteiger partial charge in [-0.25, -0.2) is 0 Å². The summed E-state index contributed by atoms with van der Waals surface area (Å²) in [7, 11) is 3.66. The number of rotatable bonds is 3. The summed E-state index contributed by atoms with van der Waals surface area (Å²) in [6.07, 6.45) is 2.09. The van der Waals surface area contributed by atoms with Crippen LogP contribution in [0.1, 0.15) is 18.4 Å². The van der Waals surface area contributed by atoms with Crippen LogP contribution in [-0.4, -0.2) is 42.9 Å². The number of amides is 1. The van der Waals surface area contributed by atoms with E-state index in [0.717, 1.165) is 37.5 Å². The zero-order chi connectivity index (χ0) is 13.8. The second kappa shape index (κ2) is 6.40. The second-order valence-corrected chi connectivity index (χ2v) is 5.87. The Morgan fingerprint density at radius 1 is 1.47 bits per heavy atom. The first-order valence-electron chi connectivity index (χ1n) is 6.74. The molecule has 1 atom stereocenters. The Hall–Kier alpha value is -1.06. The number of carbonyl (C=O) groups excluding carboxylic acids is 1. The summed E-state index contributed by atoms with van der Waals surface area (Å²) in [5.41, 5.74) is 1.21. The third kappa shape index (κ3) is 3.95. The highest BCUT2D eigenvalue weighted by molar-refractivity contribution is 6.30. The average molecular weight is 281 g/mol. The van der Waals surface area contributed by atoms with Gasteiger partial charge in [0.2, 0.25) is 5.91 Å².